The summed E-state index contributed by atoms with van der Waals surface area (Å²) in [6.07, 6.45) is 2.23. The van der Waals surface area contributed by atoms with Crippen LogP contribution in [0.4, 0.5) is 0 Å². The lowest BCUT2D eigenvalue weighted by atomic mass is 9.91. The maximum Gasteiger partial charge on any atom is 0.213 e. The van der Waals surface area contributed by atoms with Crippen molar-refractivity contribution >= 4 is 0 Å². The molecule has 138 valence electrons. The Balaban J connectivity index is 1.91. The first kappa shape index (κ1) is 18.2. The van der Waals surface area contributed by atoms with E-state index in [-0.39, 0.29) is 0 Å². The largest absolute Gasteiger partial charge is 0.213 e. The van der Waals surface area contributed by atoms with Gasteiger partial charge >= 0.3 is 0 Å². The quantitative estimate of drug-likeness (QED) is 0.368. The van der Waals surface area contributed by atoms with Crippen molar-refractivity contribution in [3.8, 4) is 33.5 Å². The topological polar surface area (TPSA) is 3.88 Å². The van der Waals surface area contributed by atoms with E-state index in [4.69, 9.17) is 0 Å². The van der Waals surface area contributed by atoms with Gasteiger partial charge in [0.25, 0.3) is 0 Å². The fourth-order valence-corrected chi connectivity index (χ4v) is 4.06. The first-order valence-corrected chi connectivity index (χ1v) is 9.78. The van der Waals surface area contributed by atoms with Gasteiger partial charge in [0.05, 0.1) is 0 Å². The van der Waals surface area contributed by atoms with E-state index in [1.165, 1.54) is 50.2 Å². The SMILES string of the molecule is Cc1c[n+](C)c(-c2cccc(-c3ccccc3C)c2C)cc1-c1ccccc1. The van der Waals surface area contributed by atoms with Crippen molar-refractivity contribution in [3.63, 3.8) is 0 Å². The van der Waals surface area contributed by atoms with Crippen LogP contribution in [-0.2, 0) is 7.05 Å². The number of aryl methyl sites for hydroxylation is 3. The zero-order valence-corrected chi connectivity index (χ0v) is 17.0. The van der Waals surface area contributed by atoms with Gasteiger partial charge in [-0.25, -0.2) is 4.57 Å². The van der Waals surface area contributed by atoms with Crippen LogP contribution in [0.15, 0.2) is 85.1 Å². The van der Waals surface area contributed by atoms with E-state index in [1.54, 1.807) is 0 Å². The van der Waals surface area contributed by atoms with Gasteiger partial charge in [-0.15, -0.1) is 0 Å². The van der Waals surface area contributed by atoms with Gasteiger partial charge in [0.1, 0.15) is 7.05 Å². The third-order valence-electron chi connectivity index (χ3n) is 5.60. The molecule has 4 aromatic rings. The summed E-state index contributed by atoms with van der Waals surface area (Å²) >= 11 is 0. The molecule has 0 spiro atoms. The number of rotatable bonds is 3. The van der Waals surface area contributed by atoms with Gasteiger partial charge in [0.15, 0.2) is 6.20 Å². The van der Waals surface area contributed by atoms with Crippen LogP contribution in [0.5, 0.6) is 0 Å². The van der Waals surface area contributed by atoms with E-state index in [1.807, 2.05) is 0 Å². The molecule has 1 heterocycles. The molecule has 28 heavy (non-hydrogen) atoms. The van der Waals surface area contributed by atoms with E-state index in [9.17, 15) is 0 Å². The summed E-state index contributed by atoms with van der Waals surface area (Å²) < 4.78 is 2.24. The molecule has 1 heteroatoms. The minimum Gasteiger partial charge on any atom is -0.201 e. The Labute approximate surface area is 167 Å². The molecule has 0 unspecified atom stereocenters. The standard InChI is InChI=1S/C27H26N/c1-19-11-8-9-14-23(19)24-15-10-16-25(21(24)3)27-17-26(20(2)18-28(27)4)22-12-6-5-7-13-22/h5-18H,1-4H3/q+1. The molecule has 0 atom stereocenters. The van der Waals surface area contributed by atoms with E-state index < -0.39 is 0 Å². The van der Waals surface area contributed by atoms with Gasteiger partial charge in [-0.05, 0) is 60.2 Å². The Hall–Kier alpha value is -3.19. The number of hydrogen-bond acceptors (Lipinski definition) is 0. The molecule has 1 nitrogen and oxygen atoms in total. The Morgan fingerprint density at radius 3 is 1.96 bits per heavy atom. The van der Waals surface area contributed by atoms with Crippen LogP contribution in [0.25, 0.3) is 33.5 Å². The van der Waals surface area contributed by atoms with Gasteiger partial charge in [0.2, 0.25) is 5.69 Å². The van der Waals surface area contributed by atoms with Crippen LogP contribution in [-0.4, -0.2) is 0 Å². The van der Waals surface area contributed by atoms with Crippen LogP contribution in [0.3, 0.4) is 0 Å². The van der Waals surface area contributed by atoms with Crippen LogP contribution in [0.2, 0.25) is 0 Å². The van der Waals surface area contributed by atoms with E-state index in [0.717, 1.165) is 0 Å². The molecule has 3 aromatic carbocycles. The van der Waals surface area contributed by atoms with E-state index >= 15 is 0 Å². The fraction of sp³-hybridized carbons (Fsp3) is 0.148. The van der Waals surface area contributed by atoms with Crippen LogP contribution in [0, 0.1) is 20.8 Å². The van der Waals surface area contributed by atoms with E-state index in [2.05, 4.69) is 117 Å². The maximum atomic E-state index is 2.33. The fourth-order valence-electron chi connectivity index (χ4n) is 4.06. The molecule has 0 fully saturated rings. The van der Waals surface area contributed by atoms with Crippen molar-refractivity contribution in [2.45, 2.75) is 20.8 Å². The van der Waals surface area contributed by atoms with Crippen molar-refractivity contribution in [1.29, 1.82) is 0 Å². The van der Waals surface area contributed by atoms with Crippen molar-refractivity contribution < 1.29 is 4.57 Å². The zero-order chi connectivity index (χ0) is 19.7. The minimum atomic E-state index is 1.23. The lowest BCUT2D eigenvalue weighted by molar-refractivity contribution is -0.660. The van der Waals surface area contributed by atoms with Gasteiger partial charge in [-0.2, -0.15) is 0 Å². The molecule has 0 aliphatic carbocycles. The van der Waals surface area contributed by atoms with Crippen molar-refractivity contribution in [1.82, 2.24) is 0 Å². The Morgan fingerprint density at radius 2 is 1.21 bits per heavy atom. The monoisotopic (exact) mass is 364 g/mol. The van der Waals surface area contributed by atoms with Gasteiger partial charge in [-0.3, -0.25) is 0 Å². The second-order valence-corrected chi connectivity index (χ2v) is 7.53. The Bertz CT molecular complexity index is 1140. The highest BCUT2D eigenvalue weighted by Gasteiger charge is 2.18. The second kappa shape index (κ2) is 7.44. The highest BCUT2D eigenvalue weighted by atomic mass is 14.9. The summed E-state index contributed by atoms with van der Waals surface area (Å²) in [7, 11) is 2.14. The molecule has 0 amide bonds. The minimum absolute atomic E-state index is 1.23. The molecule has 0 bridgehead atoms. The Kier molecular flexibility index (Phi) is 4.83. The zero-order valence-electron chi connectivity index (χ0n) is 17.0. The molecule has 0 aliphatic rings. The lowest BCUT2D eigenvalue weighted by Crippen LogP contribution is -2.31. The van der Waals surface area contributed by atoms with E-state index in [0.29, 0.717) is 0 Å². The predicted octanol–water partition coefficient (Wildman–Crippen LogP) is 6.44. The molecule has 0 N–H and O–H groups in total. The molecule has 1 aromatic heterocycles. The highest BCUT2D eigenvalue weighted by molar-refractivity contribution is 5.79. The summed E-state index contributed by atoms with van der Waals surface area (Å²) in [5.41, 5.74) is 11.6. The molecular weight excluding hydrogens is 338 g/mol. The summed E-state index contributed by atoms with van der Waals surface area (Å²) in [5.74, 6) is 0. The average molecular weight is 365 g/mol. The first-order valence-electron chi connectivity index (χ1n) is 9.78. The number of pyridine rings is 1. The maximum absolute atomic E-state index is 2.33. The molecule has 0 radical (unpaired) electrons. The molecular formula is C27H26N+. The third kappa shape index (κ3) is 3.25. The van der Waals surface area contributed by atoms with Gasteiger partial charge < -0.3 is 0 Å². The first-order chi connectivity index (χ1) is 13.6. The number of benzene rings is 3. The third-order valence-corrected chi connectivity index (χ3v) is 5.60. The van der Waals surface area contributed by atoms with Crippen molar-refractivity contribution in [2.75, 3.05) is 0 Å². The molecule has 0 aliphatic heterocycles. The lowest BCUT2D eigenvalue weighted by Gasteiger charge is -2.14. The summed E-state index contributed by atoms with van der Waals surface area (Å²) in [5, 5.41) is 0. The van der Waals surface area contributed by atoms with Crippen LogP contribution < -0.4 is 4.57 Å². The van der Waals surface area contributed by atoms with Gasteiger partial charge in [-0.1, -0.05) is 66.7 Å². The normalized spacial score (nSPS) is 10.9. The average Bonchev–Trinajstić information content (AvgIpc) is 2.70. The second-order valence-electron chi connectivity index (χ2n) is 7.53. The van der Waals surface area contributed by atoms with Crippen molar-refractivity contribution in [3.05, 3.63) is 102 Å². The molecule has 0 saturated carbocycles. The summed E-state index contributed by atoms with van der Waals surface area (Å²) in [6.45, 7) is 6.60. The highest BCUT2D eigenvalue weighted by Crippen LogP contribution is 2.34. The number of hydrogen-bond donors (Lipinski definition) is 0. The summed E-state index contributed by atoms with van der Waals surface area (Å²) in [4.78, 5) is 0. The van der Waals surface area contributed by atoms with Crippen LogP contribution in [0.1, 0.15) is 16.7 Å². The molecule has 0 saturated heterocycles. The van der Waals surface area contributed by atoms with Gasteiger partial charge in [0, 0.05) is 17.2 Å². The number of nitrogens with zero attached hydrogens (tertiary/aromatic N) is 1. The smallest absolute Gasteiger partial charge is 0.201 e. The Morgan fingerprint density at radius 1 is 0.571 bits per heavy atom. The van der Waals surface area contributed by atoms with Crippen molar-refractivity contribution in [2.24, 2.45) is 7.05 Å². The molecule has 4 rings (SSSR count). The number of aromatic nitrogens is 1. The predicted molar refractivity (Wildman–Crippen MR) is 118 cm³/mol. The van der Waals surface area contributed by atoms with Crippen LogP contribution >= 0.6 is 0 Å². The summed E-state index contributed by atoms with van der Waals surface area (Å²) in [6, 6.07) is 28.2.